The number of hydrogen-bond acceptors (Lipinski definition) is 6. The van der Waals surface area contributed by atoms with Crippen LogP contribution in [-0.4, -0.2) is 55.5 Å². The second-order valence-electron chi connectivity index (χ2n) is 11.9. The Morgan fingerprint density at radius 1 is 0.477 bits per heavy atom. The molecule has 8 heteroatoms. The summed E-state index contributed by atoms with van der Waals surface area (Å²) in [5.41, 5.74) is 4.60. The van der Waals surface area contributed by atoms with Crippen molar-refractivity contribution in [3.63, 3.8) is 0 Å². The first-order chi connectivity index (χ1) is 21.3. The lowest BCUT2D eigenvalue weighted by Gasteiger charge is -2.33. The van der Waals surface area contributed by atoms with Gasteiger partial charge in [0, 0.05) is 66.7 Å². The number of carbonyl (C=O) groups excluding carboxylic acids is 4. The van der Waals surface area contributed by atoms with Crippen molar-refractivity contribution in [3.8, 4) is 0 Å². The first-order valence-electron chi connectivity index (χ1n) is 15.5. The first kappa shape index (κ1) is 26.6. The number of pyridine rings is 2. The Labute approximate surface area is 253 Å². The van der Waals surface area contributed by atoms with Crippen molar-refractivity contribution < 1.29 is 19.2 Å². The van der Waals surface area contributed by atoms with Gasteiger partial charge in [-0.3, -0.25) is 29.0 Å². The summed E-state index contributed by atoms with van der Waals surface area (Å²) in [5.74, 6) is -1.10. The van der Waals surface area contributed by atoms with Gasteiger partial charge in [-0.2, -0.15) is 0 Å². The maximum absolute atomic E-state index is 13.7. The zero-order valence-electron chi connectivity index (χ0n) is 25.0. The van der Waals surface area contributed by atoms with E-state index in [-0.39, 0.29) is 35.7 Å². The molecule has 0 saturated carbocycles. The van der Waals surface area contributed by atoms with E-state index in [0.29, 0.717) is 80.8 Å². The maximum atomic E-state index is 13.7. The fourth-order valence-corrected chi connectivity index (χ4v) is 7.65. The van der Waals surface area contributed by atoms with E-state index >= 15 is 0 Å². The van der Waals surface area contributed by atoms with Gasteiger partial charge in [0.1, 0.15) is 0 Å². The van der Waals surface area contributed by atoms with Crippen molar-refractivity contribution in [2.45, 2.75) is 65.5 Å². The average Bonchev–Trinajstić information content (AvgIpc) is 3.04. The summed E-state index contributed by atoms with van der Waals surface area (Å²) >= 11 is 0. The van der Waals surface area contributed by atoms with Crippen molar-refractivity contribution >= 4 is 78.0 Å². The minimum atomic E-state index is -0.276. The fourth-order valence-electron chi connectivity index (χ4n) is 7.65. The standard InChI is InChI=1S/C36H30N4O4/c1-5-17(6-2)39-33(41)21-11-9-19-29-25(15-13-23(27(21)29)35(39)43)37-32-20-10-12-22-28-24(14-16-26(30(20)28)38-31(19)32)36(44)40(34(22)42)18(7-3)8-4/h9-18H,5-8H2,1-4H3. The Morgan fingerprint density at radius 2 is 0.795 bits per heavy atom. The normalized spacial score (nSPS) is 15.2. The van der Waals surface area contributed by atoms with E-state index in [1.807, 2.05) is 52.0 Å². The Morgan fingerprint density at radius 3 is 1.11 bits per heavy atom. The molecule has 0 bridgehead atoms. The summed E-state index contributed by atoms with van der Waals surface area (Å²) in [6.45, 7) is 7.96. The molecule has 0 saturated heterocycles. The molecule has 0 spiro atoms. The summed E-state index contributed by atoms with van der Waals surface area (Å²) in [6.07, 6.45) is 2.76. The molecular formula is C36H30N4O4. The van der Waals surface area contributed by atoms with E-state index in [4.69, 9.17) is 9.97 Å². The number of nitrogens with zero attached hydrogens (tertiary/aromatic N) is 4. The maximum Gasteiger partial charge on any atom is 0.261 e. The van der Waals surface area contributed by atoms with Crippen molar-refractivity contribution in [2.75, 3.05) is 0 Å². The van der Waals surface area contributed by atoms with Crippen molar-refractivity contribution in [2.24, 2.45) is 0 Å². The van der Waals surface area contributed by atoms with Gasteiger partial charge in [-0.05, 0) is 62.1 Å². The van der Waals surface area contributed by atoms with Crippen molar-refractivity contribution in [3.05, 3.63) is 70.8 Å². The van der Waals surface area contributed by atoms with Crippen LogP contribution in [0, 0.1) is 0 Å². The van der Waals surface area contributed by atoms with E-state index in [9.17, 15) is 19.2 Å². The van der Waals surface area contributed by atoms with Crippen LogP contribution in [0.25, 0.3) is 54.4 Å². The lowest BCUT2D eigenvalue weighted by molar-refractivity contribution is 0.0514. The van der Waals surface area contributed by atoms with Gasteiger partial charge < -0.3 is 0 Å². The van der Waals surface area contributed by atoms with Gasteiger partial charge in [0.25, 0.3) is 23.6 Å². The Bertz CT molecular complexity index is 2080. The Kier molecular flexibility index (Phi) is 5.60. The molecule has 2 aromatic heterocycles. The molecule has 2 aliphatic rings. The summed E-state index contributed by atoms with van der Waals surface area (Å²) < 4.78 is 0. The van der Waals surface area contributed by atoms with Crippen LogP contribution in [0.3, 0.4) is 0 Å². The first-order valence-corrected chi connectivity index (χ1v) is 15.5. The zero-order valence-corrected chi connectivity index (χ0v) is 25.0. The van der Waals surface area contributed by atoms with Crippen LogP contribution >= 0.6 is 0 Å². The molecule has 4 aromatic carbocycles. The third-order valence-corrected chi connectivity index (χ3v) is 9.89. The van der Waals surface area contributed by atoms with Crippen LogP contribution < -0.4 is 0 Å². The number of fused-ring (bicyclic) bond motifs is 3. The van der Waals surface area contributed by atoms with Gasteiger partial charge in [-0.25, -0.2) is 9.97 Å². The molecule has 4 heterocycles. The van der Waals surface area contributed by atoms with Crippen LogP contribution in [0.5, 0.6) is 0 Å². The molecule has 0 N–H and O–H groups in total. The molecule has 0 unspecified atom stereocenters. The lowest BCUT2D eigenvalue weighted by Crippen LogP contribution is -2.46. The summed E-state index contributed by atoms with van der Waals surface area (Å²) in [6, 6.07) is 14.3. The zero-order chi connectivity index (χ0) is 30.6. The van der Waals surface area contributed by atoms with Gasteiger partial charge in [-0.15, -0.1) is 0 Å². The minimum absolute atomic E-state index is 0.169. The van der Waals surface area contributed by atoms with Crippen LogP contribution in [0.1, 0.15) is 94.8 Å². The van der Waals surface area contributed by atoms with E-state index in [2.05, 4.69) is 0 Å². The van der Waals surface area contributed by atoms with E-state index < -0.39 is 0 Å². The quantitative estimate of drug-likeness (QED) is 0.117. The SMILES string of the molecule is CCC(CC)N1C(=O)c2ccc3nc4c5ccc6c7c(ccc(nc4c4ccc(c2c34)C1=O)c75)C(=O)N(C(CC)CC)C6=O. The molecule has 0 aliphatic carbocycles. The smallest absolute Gasteiger partial charge is 0.261 e. The molecule has 0 atom stereocenters. The summed E-state index contributed by atoms with van der Waals surface area (Å²) in [7, 11) is 0. The second kappa shape index (κ2) is 9.26. The van der Waals surface area contributed by atoms with Gasteiger partial charge in [0.15, 0.2) is 0 Å². The Balaban J connectivity index is 1.42. The fraction of sp³-hybridized carbons (Fsp3) is 0.278. The van der Waals surface area contributed by atoms with Crippen LogP contribution in [0.2, 0.25) is 0 Å². The van der Waals surface area contributed by atoms with Gasteiger partial charge >= 0.3 is 0 Å². The number of carbonyl (C=O) groups is 4. The van der Waals surface area contributed by atoms with Gasteiger partial charge in [-0.1, -0.05) is 39.8 Å². The van der Waals surface area contributed by atoms with Crippen LogP contribution in [0.15, 0.2) is 48.5 Å². The molecular weight excluding hydrogens is 552 g/mol. The Hall–Kier alpha value is -4.98. The predicted molar refractivity (Wildman–Crippen MR) is 170 cm³/mol. The predicted octanol–water partition coefficient (Wildman–Crippen LogP) is 7.25. The van der Waals surface area contributed by atoms with Crippen molar-refractivity contribution in [1.29, 1.82) is 0 Å². The third kappa shape index (κ3) is 3.17. The highest BCUT2D eigenvalue weighted by atomic mass is 16.2. The third-order valence-electron chi connectivity index (χ3n) is 9.89. The lowest BCUT2D eigenvalue weighted by atomic mass is 9.87. The van der Waals surface area contributed by atoms with E-state index in [1.165, 1.54) is 9.80 Å². The van der Waals surface area contributed by atoms with Gasteiger partial charge in [0.2, 0.25) is 0 Å². The number of hydrogen-bond donors (Lipinski definition) is 0. The molecule has 0 radical (unpaired) electrons. The molecule has 6 aromatic rings. The highest BCUT2D eigenvalue weighted by Crippen LogP contribution is 2.43. The topological polar surface area (TPSA) is 101 Å². The minimum Gasteiger partial charge on any atom is -0.271 e. The number of benzene rings is 4. The second-order valence-corrected chi connectivity index (χ2v) is 11.9. The molecule has 2 aliphatic heterocycles. The van der Waals surface area contributed by atoms with E-state index in [0.717, 1.165) is 21.5 Å². The number of amides is 4. The largest absolute Gasteiger partial charge is 0.271 e. The highest BCUT2D eigenvalue weighted by Gasteiger charge is 2.39. The van der Waals surface area contributed by atoms with Crippen molar-refractivity contribution in [1.82, 2.24) is 19.8 Å². The average molecular weight is 583 g/mol. The van der Waals surface area contributed by atoms with Crippen LogP contribution in [0.4, 0.5) is 0 Å². The molecule has 44 heavy (non-hydrogen) atoms. The molecule has 218 valence electrons. The molecule has 4 amide bonds. The number of rotatable bonds is 6. The summed E-state index contributed by atoms with van der Waals surface area (Å²) in [4.78, 5) is 67.8. The highest BCUT2D eigenvalue weighted by molar-refractivity contribution is 6.36. The number of aromatic nitrogens is 2. The molecule has 8 rings (SSSR count). The summed E-state index contributed by atoms with van der Waals surface area (Å²) in [5, 5.41) is 4.33. The van der Waals surface area contributed by atoms with Gasteiger partial charge in [0.05, 0.1) is 22.1 Å². The monoisotopic (exact) mass is 582 g/mol. The number of imide groups is 2. The molecule has 0 fully saturated rings. The van der Waals surface area contributed by atoms with E-state index in [1.54, 1.807) is 24.3 Å². The van der Waals surface area contributed by atoms with Crippen LogP contribution in [-0.2, 0) is 0 Å². The molecule has 8 nitrogen and oxygen atoms in total.